The van der Waals surface area contributed by atoms with Gasteiger partial charge in [-0.15, -0.1) is 0 Å². The van der Waals surface area contributed by atoms with Crippen LogP contribution in [0, 0.1) is 11.8 Å². The summed E-state index contributed by atoms with van der Waals surface area (Å²) in [6.45, 7) is 8.74. The first-order chi connectivity index (χ1) is 15.2. The molecule has 0 unspecified atom stereocenters. The van der Waals surface area contributed by atoms with Crippen LogP contribution in [0.3, 0.4) is 0 Å². The second kappa shape index (κ2) is 11.0. The highest BCUT2D eigenvalue weighted by Gasteiger charge is 2.33. The second-order valence-corrected chi connectivity index (χ2v) is 9.36. The molecule has 1 aromatic rings. The Morgan fingerprint density at radius 2 is 2.06 bits per heavy atom. The van der Waals surface area contributed by atoms with Crippen molar-refractivity contribution in [3.05, 3.63) is 29.1 Å². The predicted octanol–water partition coefficient (Wildman–Crippen LogP) is 4.58. The molecule has 0 spiro atoms. The average Bonchev–Trinajstić information content (AvgIpc) is 2.96. The highest BCUT2D eigenvalue weighted by atomic mass is 19.4. The molecule has 3 rings (SSSR count). The van der Waals surface area contributed by atoms with Gasteiger partial charge in [0.05, 0.1) is 5.56 Å². The Balaban J connectivity index is 1.55. The maximum atomic E-state index is 13.2. The van der Waals surface area contributed by atoms with Crippen LogP contribution in [0.2, 0.25) is 0 Å². The third-order valence-corrected chi connectivity index (χ3v) is 6.94. The van der Waals surface area contributed by atoms with Gasteiger partial charge >= 0.3 is 6.18 Å². The van der Waals surface area contributed by atoms with Crippen molar-refractivity contribution in [2.45, 2.75) is 84.1 Å². The van der Waals surface area contributed by atoms with Gasteiger partial charge in [-0.25, -0.2) is 0 Å². The van der Waals surface area contributed by atoms with Gasteiger partial charge in [-0.3, -0.25) is 9.78 Å². The molecule has 1 fully saturated rings. The van der Waals surface area contributed by atoms with Crippen molar-refractivity contribution in [3.63, 3.8) is 0 Å². The zero-order valence-electron chi connectivity index (χ0n) is 19.4. The second-order valence-electron chi connectivity index (χ2n) is 9.36. The molecule has 0 aromatic carbocycles. The first kappa shape index (κ1) is 25.0. The van der Waals surface area contributed by atoms with Crippen molar-refractivity contribution in [3.8, 4) is 0 Å². The molecule has 0 radical (unpaired) electrons. The number of carbonyl (C=O) groups is 1. The number of nitrogens with zero attached hydrogens (tertiary/aromatic N) is 2. The van der Waals surface area contributed by atoms with Crippen molar-refractivity contribution in [2.24, 2.45) is 11.8 Å². The van der Waals surface area contributed by atoms with E-state index < -0.39 is 11.7 Å². The number of rotatable bonds is 7. The molecule has 0 saturated carbocycles. The van der Waals surface area contributed by atoms with Crippen molar-refractivity contribution in [2.75, 3.05) is 19.8 Å². The van der Waals surface area contributed by atoms with Crippen LogP contribution in [-0.2, 0) is 28.7 Å². The average molecular weight is 456 g/mol. The van der Waals surface area contributed by atoms with E-state index in [0.29, 0.717) is 42.2 Å². The number of fused-ring (bicyclic) bond motifs is 1. The van der Waals surface area contributed by atoms with Crippen LogP contribution in [0.4, 0.5) is 13.2 Å². The van der Waals surface area contributed by atoms with E-state index in [1.54, 1.807) is 4.90 Å². The normalized spacial score (nSPS) is 23.9. The summed E-state index contributed by atoms with van der Waals surface area (Å²) < 4.78 is 44.7. The van der Waals surface area contributed by atoms with Gasteiger partial charge in [-0.1, -0.05) is 13.8 Å². The topological polar surface area (TPSA) is 54.5 Å². The molecule has 5 nitrogen and oxygen atoms in total. The van der Waals surface area contributed by atoms with E-state index in [-0.39, 0.29) is 18.4 Å². The van der Waals surface area contributed by atoms with Gasteiger partial charge in [0.2, 0.25) is 5.91 Å². The van der Waals surface area contributed by atoms with Crippen molar-refractivity contribution in [1.29, 1.82) is 0 Å². The van der Waals surface area contributed by atoms with E-state index >= 15 is 0 Å². The number of alkyl halides is 3. The molecule has 1 saturated heterocycles. The van der Waals surface area contributed by atoms with Crippen LogP contribution in [-0.4, -0.2) is 47.6 Å². The number of amides is 1. The number of halogens is 3. The largest absolute Gasteiger partial charge is 0.417 e. The standard InChI is InChI=1S/C24H36F3N3O2/c1-4-18(6-5-17(3)29-21-9-12-32-11-8-16(21)2)23(31)30-10-7-22-19(15-30)13-20(14-28-22)24(25,26)27/h13-14,16-18,21,29H,4-12,15H2,1-3H3/t16-,17+,18-,21+/m1/s1. The van der Waals surface area contributed by atoms with Crippen LogP contribution in [0.25, 0.3) is 0 Å². The molecular formula is C24H36F3N3O2. The lowest BCUT2D eigenvalue weighted by atomic mass is 9.92. The zero-order chi connectivity index (χ0) is 23.3. The van der Waals surface area contributed by atoms with Gasteiger partial charge in [-0.2, -0.15) is 13.2 Å². The Kier molecular flexibility index (Phi) is 8.55. The number of ether oxygens (including phenoxy) is 1. The fourth-order valence-electron chi connectivity index (χ4n) is 4.74. The minimum atomic E-state index is -4.43. The van der Waals surface area contributed by atoms with Crippen LogP contribution in [0.5, 0.6) is 0 Å². The van der Waals surface area contributed by atoms with Gasteiger partial charge in [0.15, 0.2) is 0 Å². The molecule has 0 aliphatic carbocycles. The van der Waals surface area contributed by atoms with E-state index in [4.69, 9.17) is 4.74 Å². The maximum Gasteiger partial charge on any atom is 0.417 e. The van der Waals surface area contributed by atoms with E-state index in [9.17, 15) is 18.0 Å². The zero-order valence-corrected chi connectivity index (χ0v) is 19.4. The smallest absolute Gasteiger partial charge is 0.381 e. The summed E-state index contributed by atoms with van der Waals surface area (Å²) in [7, 11) is 0. The SMILES string of the molecule is CC[C@H](CC[C@H](C)N[C@H]1CCOCC[C@H]1C)C(=O)N1CCc2ncc(C(F)(F)F)cc2C1. The maximum absolute atomic E-state index is 13.2. The molecule has 32 heavy (non-hydrogen) atoms. The molecule has 2 aliphatic rings. The van der Waals surface area contributed by atoms with Gasteiger partial charge < -0.3 is 15.0 Å². The molecular weight excluding hydrogens is 419 g/mol. The van der Waals surface area contributed by atoms with Crippen LogP contribution >= 0.6 is 0 Å². The number of carbonyl (C=O) groups excluding carboxylic acids is 1. The van der Waals surface area contributed by atoms with E-state index in [1.807, 2.05) is 6.92 Å². The Morgan fingerprint density at radius 3 is 2.78 bits per heavy atom. The summed E-state index contributed by atoms with van der Waals surface area (Å²) in [5, 5.41) is 3.72. The highest BCUT2D eigenvalue weighted by molar-refractivity contribution is 5.79. The first-order valence-corrected chi connectivity index (χ1v) is 11.9. The fourth-order valence-corrected chi connectivity index (χ4v) is 4.74. The predicted molar refractivity (Wildman–Crippen MR) is 117 cm³/mol. The summed E-state index contributed by atoms with van der Waals surface area (Å²) in [5.41, 5.74) is 0.416. The monoisotopic (exact) mass is 455 g/mol. The number of aromatic nitrogens is 1. The molecule has 4 atom stereocenters. The third-order valence-electron chi connectivity index (χ3n) is 6.94. The van der Waals surface area contributed by atoms with E-state index in [0.717, 1.165) is 57.6 Å². The Hall–Kier alpha value is -1.67. The lowest BCUT2D eigenvalue weighted by molar-refractivity contribution is -0.138. The lowest BCUT2D eigenvalue weighted by Crippen LogP contribution is -2.42. The van der Waals surface area contributed by atoms with Gasteiger partial charge in [0.1, 0.15) is 0 Å². The Bertz CT molecular complexity index is 771. The number of pyridine rings is 1. The summed E-state index contributed by atoms with van der Waals surface area (Å²) in [4.78, 5) is 18.9. The summed E-state index contributed by atoms with van der Waals surface area (Å²) in [6.07, 6.45) is 1.40. The molecule has 8 heteroatoms. The van der Waals surface area contributed by atoms with E-state index in [1.165, 1.54) is 0 Å². The van der Waals surface area contributed by atoms with E-state index in [2.05, 4.69) is 24.1 Å². The number of hydrogen-bond acceptors (Lipinski definition) is 4. The van der Waals surface area contributed by atoms with Crippen LogP contribution < -0.4 is 5.32 Å². The number of hydrogen-bond donors (Lipinski definition) is 1. The highest BCUT2D eigenvalue weighted by Crippen LogP contribution is 2.31. The van der Waals surface area contributed by atoms with Gasteiger partial charge in [0.25, 0.3) is 0 Å². The molecule has 3 heterocycles. The fraction of sp³-hybridized carbons (Fsp3) is 0.750. The van der Waals surface area contributed by atoms with Gasteiger partial charge in [0, 0.05) is 62.6 Å². The molecule has 1 aromatic heterocycles. The quantitative estimate of drug-likeness (QED) is 0.654. The third kappa shape index (κ3) is 6.44. The summed E-state index contributed by atoms with van der Waals surface area (Å²) >= 11 is 0. The molecule has 180 valence electrons. The van der Waals surface area contributed by atoms with Crippen molar-refractivity contribution < 1.29 is 22.7 Å². The number of nitrogens with one attached hydrogen (secondary N) is 1. The van der Waals surface area contributed by atoms with Gasteiger partial charge in [-0.05, 0) is 56.6 Å². The molecule has 0 bridgehead atoms. The molecule has 1 N–H and O–H groups in total. The Labute approximate surface area is 189 Å². The lowest BCUT2D eigenvalue weighted by Gasteiger charge is -2.32. The van der Waals surface area contributed by atoms with Crippen LogP contribution in [0.1, 0.15) is 69.7 Å². The van der Waals surface area contributed by atoms with Crippen molar-refractivity contribution in [1.82, 2.24) is 15.2 Å². The molecule has 2 aliphatic heterocycles. The minimum absolute atomic E-state index is 0.0407. The Morgan fingerprint density at radius 1 is 1.31 bits per heavy atom. The minimum Gasteiger partial charge on any atom is -0.381 e. The summed E-state index contributed by atoms with van der Waals surface area (Å²) in [6, 6.07) is 1.87. The van der Waals surface area contributed by atoms with Crippen LogP contribution in [0.15, 0.2) is 12.3 Å². The summed E-state index contributed by atoms with van der Waals surface area (Å²) in [5.74, 6) is 0.487. The first-order valence-electron chi connectivity index (χ1n) is 11.9. The molecule has 1 amide bonds. The van der Waals surface area contributed by atoms with Crippen molar-refractivity contribution >= 4 is 5.91 Å².